The fourth-order valence-electron chi connectivity index (χ4n) is 12.4. The molecule has 0 aliphatic rings. The van der Waals surface area contributed by atoms with Crippen molar-refractivity contribution >= 4 is 45.3 Å². The van der Waals surface area contributed by atoms with E-state index in [1.165, 1.54) is 161 Å². The molecule has 0 aromatic heterocycles. The van der Waals surface area contributed by atoms with Gasteiger partial charge in [0.2, 0.25) is 11.8 Å². The Labute approximate surface area is 584 Å². The van der Waals surface area contributed by atoms with E-state index in [9.17, 15) is 29.4 Å². The zero-order valence-electron chi connectivity index (χ0n) is 62.6. The van der Waals surface area contributed by atoms with E-state index in [-0.39, 0.29) is 36.3 Å². The lowest BCUT2D eigenvalue weighted by atomic mass is 10.0. The molecule has 15 heteroatoms. The number of nitrogens with one attached hydrogen (secondary N) is 1. The molecule has 0 radical (unpaired) electrons. The molecule has 13 nitrogen and oxygen atoms in total. The molecule has 0 saturated heterocycles. The molecular weight excluding hydrogens is 1200 g/mol. The number of rotatable bonds is 74. The van der Waals surface area contributed by atoms with Crippen molar-refractivity contribution in [2.24, 2.45) is 0 Å². The number of amides is 2. The molecule has 93 heavy (non-hydrogen) atoms. The van der Waals surface area contributed by atoms with Crippen LogP contribution in [0.4, 0.5) is 0 Å². The third-order valence-corrected chi connectivity index (χ3v) is 21.1. The maximum atomic E-state index is 14.0. The molecule has 0 aliphatic heterocycles. The van der Waals surface area contributed by atoms with Crippen LogP contribution in [0.15, 0.2) is 0 Å². The second-order valence-corrected chi connectivity index (χ2v) is 30.9. The first-order chi connectivity index (χ1) is 45.3. The molecule has 0 fully saturated rings. The van der Waals surface area contributed by atoms with Gasteiger partial charge in [-0.15, -0.1) is 0 Å². The Hall–Kier alpha value is -1.62. The summed E-state index contributed by atoms with van der Waals surface area (Å²) in [7, 11) is 9.47. The van der Waals surface area contributed by atoms with Crippen LogP contribution in [0, 0.1) is 0 Å². The van der Waals surface area contributed by atoms with Gasteiger partial charge in [0.1, 0.15) is 12.1 Å². The molecule has 2 amide bonds. The Bertz CT molecular complexity index is 1600. The summed E-state index contributed by atoms with van der Waals surface area (Å²) >= 11 is 0. The van der Waals surface area contributed by atoms with Crippen molar-refractivity contribution in [2.75, 3.05) is 91.6 Å². The summed E-state index contributed by atoms with van der Waals surface area (Å²) < 4.78 is 11.8. The first-order valence-corrected chi connectivity index (χ1v) is 42.4. The monoisotopic (exact) mass is 1350 g/mol. The number of aliphatic hydroxyl groups excluding tert-OH is 2. The first-order valence-electron chi connectivity index (χ1n) is 39.9. The van der Waals surface area contributed by atoms with Gasteiger partial charge in [-0.1, -0.05) is 275 Å². The Morgan fingerprint density at radius 3 is 1.24 bits per heavy atom. The van der Waals surface area contributed by atoms with Crippen LogP contribution in [0.2, 0.25) is 0 Å². The van der Waals surface area contributed by atoms with E-state index in [2.05, 4.69) is 54.6 Å². The number of carbonyl (C=O) groups is 4. The quantitative estimate of drug-likeness (QED) is 0.0301. The predicted molar refractivity (Wildman–Crippen MR) is 403 cm³/mol. The van der Waals surface area contributed by atoms with Crippen LogP contribution in [0.5, 0.6) is 0 Å². The lowest BCUT2D eigenvalue weighted by Crippen LogP contribution is -2.49. The van der Waals surface area contributed by atoms with Crippen molar-refractivity contribution in [3.63, 3.8) is 0 Å². The summed E-state index contributed by atoms with van der Waals surface area (Å²) in [4.78, 5) is 61.9. The molecule has 0 saturated carbocycles. The number of unbranched alkanes of at least 4 members (excludes halogenated alkanes) is 35. The third kappa shape index (κ3) is 63.6. The molecule has 0 aromatic rings. The van der Waals surface area contributed by atoms with Crippen LogP contribution < -0.4 is 5.32 Å². The van der Waals surface area contributed by atoms with Crippen molar-refractivity contribution in [2.45, 2.75) is 386 Å². The van der Waals surface area contributed by atoms with Crippen molar-refractivity contribution in [1.29, 1.82) is 0 Å². The van der Waals surface area contributed by atoms with Gasteiger partial charge in [-0.3, -0.25) is 24.1 Å². The minimum atomic E-state index is -0.625. The maximum absolute atomic E-state index is 14.0. The van der Waals surface area contributed by atoms with Crippen LogP contribution in [0.1, 0.15) is 362 Å². The van der Waals surface area contributed by atoms with Gasteiger partial charge in [0.15, 0.2) is 0 Å². The maximum Gasteiger partial charge on any atom is 0.306 e. The zero-order valence-corrected chi connectivity index (χ0v) is 64.2. The summed E-state index contributed by atoms with van der Waals surface area (Å²) in [6, 6.07) is -0.625. The number of likely N-dealkylation sites (N-methyl/N-ethyl adjacent to an activating group) is 2. The van der Waals surface area contributed by atoms with E-state index in [1.807, 2.05) is 31.9 Å². The Morgan fingerprint density at radius 2 is 0.763 bits per heavy atom. The summed E-state index contributed by atoms with van der Waals surface area (Å²) in [5, 5.41) is 25.4. The molecule has 3 unspecified atom stereocenters. The fraction of sp³-hybridized carbons (Fsp3) is 0.949. The standard InChI is InChI=1S/C78H155N5O8S2/c1-9-14-19-24-29-30-31-39-50-66-90-76(87)56-46-40-48-61-82(60-47-38-32-37-45-57-77(88)91-73(54-43-35-27-22-17-12-4)55-44-36-28-23-18-13-5)62-49-51-67-92-93-68-59-74(78(89)81(8)65-64-80(6)7)79-75(86)58-63-83(69-71(84)52-41-33-25-20-15-10-2)70-72(85)53-42-34-26-21-16-11-3/h71-74,84-85H,9-70H2,1-8H3,(H,79,86). The molecule has 0 aliphatic carbocycles. The molecule has 0 spiro atoms. The van der Waals surface area contributed by atoms with Gasteiger partial charge in [0, 0.05) is 70.5 Å². The summed E-state index contributed by atoms with van der Waals surface area (Å²) in [6.45, 7) is 17.5. The van der Waals surface area contributed by atoms with Gasteiger partial charge >= 0.3 is 11.9 Å². The highest BCUT2D eigenvalue weighted by Crippen LogP contribution is 2.25. The minimum absolute atomic E-state index is 0.00118. The van der Waals surface area contributed by atoms with Gasteiger partial charge in [0.25, 0.3) is 0 Å². The molecule has 0 bridgehead atoms. The summed E-state index contributed by atoms with van der Waals surface area (Å²) in [5.41, 5.74) is 0. The van der Waals surface area contributed by atoms with Crippen molar-refractivity contribution < 1.29 is 38.9 Å². The molecule has 3 N–H and O–H groups in total. The number of nitrogens with zero attached hydrogens (tertiary/aromatic N) is 4. The number of ether oxygens (including phenoxy) is 2. The van der Waals surface area contributed by atoms with Crippen molar-refractivity contribution in [3.8, 4) is 0 Å². The van der Waals surface area contributed by atoms with Crippen LogP contribution in [0.25, 0.3) is 0 Å². The fourth-order valence-corrected chi connectivity index (χ4v) is 14.6. The van der Waals surface area contributed by atoms with E-state index in [0.29, 0.717) is 52.0 Å². The van der Waals surface area contributed by atoms with Gasteiger partial charge in [-0.05, 0) is 124 Å². The molecular formula is C78H155N5O8S2. The molecule has 552 valence electrons. The van der Waals surface area contributed by atoms with Crippen LogP contribution in [-0.4, -0.2) is 170 Å². The van der Waals surface area contributed by atoms with E-state index < -0.39 is 18.2 Å². The third-order valence-electron chi connectivity index (χ3n) is 18.6. The molecule has 3 atom stereocenters. The average Bonchev–Trinajstić information content (AvgIpc) is 3.62. The van der Waals surface area contributed by atoms with Crippen LogP contribution in [-0.2, 0) is 28.7 Å². The van der Waals surface area contributed by atoms with Gasteiger partial charge in [0.05, 0.1) is 18.8 Å². The lowest BCUT2D eigenvalue weighted by molar-refractivity contribution is -0.150. The second-order valence-electron chi connectivity index (χ2n) is 28.2. The number of hydrogen-bond donors (Lipinski definition) is 3. The van der Waals surface area contributed by atoms with Crippen molar-refractivity contribution in [1.82, 2.24) is 24.9 Å². The lowest BCUT2D eigenvalue weighted by Gasteiger charge is -2.28. The number of aliphatic hydroxyl groups is 2. The van der Waals surface area contributed by atoms with Crippen molar-refractivity contribution in [3.05, 3.63) is 0 Å². The molecule has 0 rings (SSSR count). The second kappa shape index (κ2) is 70.3. The number of carbonyl (C=O) groups excluding carboxylic acids is 4. The van der Waals surface area contributed by atoms with Crippen LogP contribution >= 0.6 is 21.6 Å². The van der Waals surface area contributed by atoms with Gasteiger partial charge < -0.3 is 39.7 Å². The highest BCUT2D eigenvalue weighted by atomic mass is 33.1. The highest BCUT2D eigenvalue weighted by Gasteiger charge is 2.25. The van der Waals surface area contributed by atoms with E-state index >= 15 is 0 Å². The summed E-state index contributed by atoms with van der Waals surface area (Å²) in [5.74, 6) is 1.47. The van der Waals surface area contributed by atoms with E-state index in [4.69, 9.17) is 9.47 Å². The number of hydrogen-bond acceptors (Lipinski definition) is 13. The zero-order chi connectivity index (χ0) is 68.3. The summed E-state index contributed by atoms with van der Waals surface area (Å²) in [6.07, 6.45) is 55.2. The Kier molecular flexibility index (Phi) is 69.0. The van der Waals surface area contributed by atoms with Gasteiger partial charge in [-0.25, -0.2) is 0 Å². The predicted octanol–water partition coefficient (Wildman–Crippen LogP) is 19.6. The molecule has 0 aromatic carbocycles. The Morgan fingerprint density at radius 1 is 0.376 bits per heavy atom. The van der Waals surface area contributed by atoms with Gasteiger partial charge in [-0.2, -0.15) is 0 Å². The minimum Gasteiger partial charge on any atom is -0.466 e. The van der Waals surface area contributed by atoms with Crippen LogP contribution in [0.3, 0.4) is 0 Å². The van der Waals surface area contributed by atoms with E-state index in [1.54, 1.807) is 15.7 Å². The highest BCUT2D eigenvalue weighted by molar-refractivity contribution is 8.76. The molecule has 0 heterocycles. The van der Waals surface area contributed by atoms with E-state index in [0.717, 1.165) is 179 Å². The largest absolute Gasteiger partial charge is 0.466 e. The smallest absolute Gasteiger partial charge is 0.306 e. The SMILES string of the molecule is CCCCCCCCCCCOC(=O)CCCCCN(CCCCCCCC(=O)OC(CCCCCCCC)CCCCCCCC)CCCCSSCCC(NC(=O)CCN(CC(O)CCCCCCCC)CC(O)CCCCCCCC)C(=O)N(C)CCN(C)C. The number of esters is 2. The first kappa shape index (κ1) is 91.4. The normalized spacial score (nSPS) is 12.8. The average molecular weight is 1360 g/mol. The Balaban J connectivity index is 5.45. The topological polar surface area (TPSA) is 152 Å².